The van der Waals surface area contributed by atoms with Gasteiger partial charge in [0, 0.05) is 11.3 Å². The van der Waals surface area contributed by atoms with E-state index >= 15 is 0 Å². The van der Waals surface area contributed by atoms with Crippen LogP contribution in [0.4, 0.5) is 5.69 Å². The Balaban J connectivity index is 2.32. The van der Waals surface area contributed by atoms with Crippen molar-refractivity contribution in [1.29, 1.82) is 0 Å². The fourth-order valence-corrected chi connectivity index (χ4v) is 3.02. The molecule has 0 fully saturated rings. The third-order valence-corrected chi connectivity index (χ3v) is 4.28. The van der Waals surface area contributed by atoms with Crippen molar-refractivity contribution in [2.45, 2.75) is 39.5 Å². The lowest BCUT2D eigenvalue weighted by Gasteiger charge is -2.17. The van der Waals surface area contributed by atoms with E-state index < -0.39 is 5.97 Å². The maximum Gasteiger partial charge on any atom is 0.335 e. The van der Waals surface area contributed by atoms with E-state index in [1.54, 1.807) is 18.2 Å². The molecule has 2 rings (SSSR count). The van der Waals surface area contributed by atoms with Gasteiger partial charge in [-0.25, -0.2) is 4.79 Å². The molecule has 0 heterocycles. The van der Waals surface area contributed by atoms with Crippen LogP contribution in [0.5, 0.6) is 5.75 Å². The molecule has 0 spiro atoms. The first-order valence-corrected chi connectivity index (χ1v) is 9.54. The number of ether oxygens (including phenoxy) is 1. The van der Waals surface area contributed by atoms with Crippen LogP contribution in [-0.4, -0.2) is 23.6 Å². The Morgan fingerprint density at radius 2 is 1.61 bits per heavy atom. The minimum Gasteiger partial charge on any atom is -0.489 e. The van der Waals surface area contributed by atoms with Crippen molar-refractivity contribution in [2.75, 3.05) is 11.9 Å². The second-order valence-corrected chi connectivity index (χ2v) is 6.56. The monoisotopic (exact) mass is 381 g/mol. The number of aryl methyl sites for hydroxylation is 2. The zero-order valence-electron chi connectivity index (χ0n) is 16.5. The summed E-state index contributed by atoms with van der Waals surface area (Å²) in [5.74, 6) is -0.375. The van der Waals surface area contributed by atoms with Crippen LogP contribution in [0.25, 0.3) is 0 Å². The molecular weight excluding hydrogens is 354 g/mol. The predicted octanol–water partition coefficient (Wildman–Crippen LogP) is 5.11. The van der Waals surface area contributed by atoms with Crippen LogP contribution < -0.4 is 10.1 Å². The largest absolute Gasteiger partial charge is 0.489 e. The van der Waals surface area contributed by atoms with Gasteiger partial charge in [0.05, 0.1) is 5.56 Å². The summed E-state index contributed by atoms with van der Waals surface area (Å²) in [5.41, 5.74) is 3.33. The highest BCUT2D eigenvalue weighted by Crippen LogP contribution is 2.29. The minimum atomic E-state index is -0.999. The Morgan fingerprint density at radius 3 is 2.07 bits per heavy atom. The summed E-state index contributed by atoms with van der Waals surface area (Å²) in [6, 6.07) is 9.86. The van der Waals surface area contributed by atoms with E-state index in [0.29, 0.717) is 17.9 Å². The smallest absolute Gasteiger partial charge is 0.335 e. The number of rotatable bonds is 10. The van der Waals surface area contributed by atoms with Gasteiger partial charge in [-0.2, -0.15) is 0 Å². The molecule has 148 valence electrons. The number of carbonyl (C=O) groups excluding carboxylic acids is 1. The first-order chi connectivity index (χ1) is 13.5. The molecule has 0 saturated carbocycles. The van der Waals surface area contributed by atoms with Crippen molar-refractivity contribution in [3.05, 3.63) is 71.3 Å². The number of nitrogens with one attached hydrogen (secondary N) is 1. The lowest BCUT2D eigenvalue weighted by molar-refractivity contribution is 0.0696. The molecule has 2 aromatic carbocycles. The number of hydrogen-bond acceptors (Lipinski definition) is 3. The maximum absolute atomic E-state index is 12.8. The summed E-state index contributed by atoms with van der Waals surface area (Å²) >= 11 is 0. The molecule has 5 heteroatoms. The van der Waals surface area contributed by atoms with E-state index in [4.69, 9.17) is 9.84 Å². The molecule has 0 aliphatic carbocycles. The molecule has 1 amide bonds. The zero-order chi connectivity index (χ0) is 20.5. The molecule has 0 radical (unpaired) electrons. The number of amides is 1. The molecule has 0 unspecified atom stereocenters. The Kier molecular flexibility index (Phi) is 7.81. The molecule has 5 nitrogen and oxygen atoms in total. The van der Waals surface area contributed by atoms with Gasteiger partial charge < -0.3 is 15.2 Å². The third kappa shape index (κ3) is 5.46. The van der Waals surface area contributed by atoms with Gasteiger partial charge in [-0.05, 0) is 60.4 Å². The summed E-state index contributed by atoms with van der Waals surface area (Å²) in [4.78, 5) is 23.7. The van der Waals surface area contributed by atoms with Gasteiger partial charge in [0.25, 0.3) is 5.91 Å². The Hall–Kier alpha value is -3.08. The van der Waals surface area contributed by atoms with Crippen LogP contribution in [0.1, 0.15) is 58.5 Å². The number of carboxylic acids is 1. The highest BCUT2D eigenvalue weighted by molar-refractivity contribution is 6.05. The van der Waals surface area contributed by atoms with Gasteiger partial charge in [-0.3, -0.25) is 4.79 Å². The van der Waals surface area contributed by atoms with Crippen LogP contribution in [0.3, 0.4) is 0 Å². The topological polar surface area (TPSA) is 75.6 Å². The summed E-state index contributed by atoms with van der Waals surface area (Å²) in [5, 5.41) is 11.8. The average Bonchev–Trinajstić information content (AvgIpc) is 2.68. The van der Waals surface area contributed by atoms with Crippen LogP contribution in [0.15, 0.2) is 49.1 Å². The molecule has 0 saturated heterocycles. The minimum absolute atomic E-state index is 0.178. The molecule has 2 N–H and O–H groups in total. The molecule has 0 aromatic heterocycles. The molecular formula is C23H27NO4. The molecule has 0 aliphatic heterocycles. The summed E-state index contributed by atoms with van der Waals surface area (Å²) in [6.45, 7) is 8.32. The molecule has 0 aliphatic rings. The Bertz CT molecular complexity index is 813. The second-order valence-electron chi connectivity index (χ2n) is 6.56. The van der Waals surface area contributed by atoms with E-state index in [1.165, 1.54) is 12.1 Å². The van der Waals surface area contributed by atoms with E-state index in [1.807, 2.05) is 12.1 Å². The number of hydrogen-bond donors (Lipinski definition) is 2. The Labute approximate surface area is 166 Å². The van der Waals surface area contributed by atoms with E-state index in [0.717, 1.165) is 42.6 Å². The molecule has 0 bridgehead atoms. The highest BCUT2D eigenvalue weighted by Gasteiger charge is 2.16. The lowest BCUT2D eigenvalue weighted by atomic mass is 9.97. The van der Waals surface area contributed by atoms with Crippen molar-refractivity contribution >= 4 is 17.6 Å². The van der Waals surface area contributed by atoms with Crippen LogP contribution in [0, 0.1) is 0 Å². The quantitative estimate of drug-likeness (QED) is 0.561. The summed E-state index contributed by atoms with van der Waals surface area (Å²) in [6.07, 6.45) is 5.23. The van der Waals surface area contributed by atoms with Crippen molar-refractivity contribution in [3.8, 4) is 5.75 Å². The number of carboxylic acid groups (broad SMARTS) is 1. The number of carbonyl (C=O) groups is 2. The predicted molar refractivity (Wildman–Crippen MR) is 111 cm³/mol. The van der Waals surface area contributed by atoms with Crippen molar-refractivity contribution in [2.24, 2.45) is 0 Å². The lowest BCUT2D eigenvalue weighted by Crippen LogP contribution is -2.14. The van der Waals surface area contributed by atoms with Crippen LogP contribution >= 0.6 is 0 Å². The van der Waals surface area contributed by atoms with Gasteiger partial charge in [0.2, 0.25) is 0 Å². The second kappa shape index (κ2) is 10.3. The van der Waals surface area contributed by atoms with E-state index in [2.05, 4.69) is 25.7 Å². The first kappa shape index (κ1) is 21.2. The first-order valence-electron chi connectivity index (χ1n) is 9.54. The van der Waals surface area contributed by atoms with E-state index in [-0.39, 0.29) is 11.5 Å². The van der Waals surface area contributed by atoms with Crippen molar-refractivity contribution in [3.63, 3.8) is 0 Å². The molecule has 0 atom stereocenters. The fraction of sp³-hybridized carbons (Fsp3) is 0.304. The number of benzene rings is 2. The highest BCUT2D eigenvalue weighted by atomic mass is 16.5. The zero-order valence-corrected chi connectivity index (χ0v) is 16.5. The number of aromatic carboxylic acids is 1. The van der Waals surface area contributed by atoms with Gasteiger partial charge in [-0.15, -0.1) is 0 Å². The van der Waals surface area contributed by atoms with Gasteiger partial charge in [-0.1, -0.05) is 39.3 Å². The third-order valence-electron chi connectivity index (χ3n) is 4.28. The van der Waals surface area contributed by atoms with Crippen LogP contribution in [-0.2, 0) is 12.8 Å². The summed E-state index contributed by atoms with van der Waals surface area (Å²) in [7, 11) is 0. The van der Waals surface area contributed by atoms with Crippen molar-refractivity contribution < 1.29 is 19.4 Å². The SMILES string of the molecule is C=CCOc1c(CCC)cc(C(=O)Nc2ccc(C(=O)O)cc2)cc1CCC. The van der Waals surface area contributed by atoms with Gasteiger partial charge in [0.1, 0.15) is 12.4 Å². The fourth-order valence-electron chi connectivity index (χ4n) is 3.02. The standard InChI is InChI=1S/C23H27NO4/c1-4-7-17-14-19(15-18(8-5-2)21(17)28-13-6-3)22(25)24-20-11-9-16(10-12-20)23(26)27/h6,9-12,14-15H,3-5,7-8,13H2,1-2H3,(H,24,25)(H,26,27). The number of anilines is 1. The summed E-state index contributed by atoms with van der Waals surface area (Å²) < 4.78 is 5.91. The van der Waals surface area contributed by atoms with Crippen LogP contribution in [0.2, 0.25) is 0 Å². The van der Waals surface area contributed by atoms with Gasteiger partial charge in [0.15, 0.2) is 0 Å². The Morgan fingerprint density at radius 1 is 1.04 bits per heavy atom. The normalized spacial score (nSPS) is 10.4. The average molecular weight is 381 g/mol. The molecule has 28 heavy (non-hydrogen) atoms. The molecule has 2 aromatic rings. The van der Waals surface area contributed by atoms with Gasteiger partial charge >= 0.3 is 5.97 Å². The van der Waals surface area contributed by atoms with Crippen molar-refractivity contribution in [1.82, 2.24) is 0 Å². The van der Waals surface area contributed by atoms with E-state index in [9.17, 15) is 9.59 Å². The maximum atomic E-state index is 12.8.